The molecule has 4 rings (SSSR count). The Morgan fingerprint density at radius 1 is 0.821 bits per heavy atom. The summed E-state index contributed by atoms with van der Waals surface area (Å²) >= 11 is 0. The lowest BCUT2D eigenvalue weighted by Gasteiger charge is -2.29. The number of allylic oxidation sites excluding steroid dienone is 2. The molecule has 0 aromatic heterocycles. The number of rotatable bonds is 11. The van der Waals surface area contributed by atoms with E-state index in [0.29, 0.717) is 29.9 Å². The van der Waals surface area contributed by atoms with Crippen LogP contribution in [0.2, 0.25) is 0 Å². The highest BCUT2D eigenvalue weighted by Gasteiger charge is 2.27. The van der Waals surface area contributed by atoms with Gasteiger partial charge in [-0.25, -0.2) is 13.2 Å². The molecule has 0 aliphatic carbocycles. The molecule has 39 heavy (non-hydrogen) atoms. The standard InChI is InChI=1S/C33H36F4O2/c1-3-5-7-9-25-15-14-24(21-39-25)28-17-16-26(30(34)31(28)35)22-10-12-23(13-11-22)27-18-19-29(33(37)32(27)36)38-20-8-6-4-2/h3,5,10-13,16-19,24-25H,4,6-9,14-15,20-21H2,1-2H3. The molecule has 0 spiro atoms. The van der Waals surface area contributed by atoms with Crippen molar-refractivity contribution in [3.63, 3.8) is 0 Å². The monoisotopic (exact) mass is 540 g/mol. The smallest absolute Gasteiger partial charge is 0.201 e. The van der Waals surface area contributed by atoms with Gasteiger partial charge in [-0.15, -0.1) is 0 Å². The number of halogens is 4. The second-order valence-electron chi connectivity index (χ2n) is 10.1. The maximum atomic E-state index is 15.2. The molecule has 0 radical (unpaired) electrons. The predicted molar refractivity (Wildman–Crippen MR) is 148 cm³/mol. The van der Waals surface area contributed by atoms with E-state index < -0.39 is 23.3 Å². The maximum Gasteiger partial charge on any atom is 0.201 e. The second-order valence-corrected chi connectivity index (χ2v) is 10.1. The Labute approximate surface area is 228 Å². The minimum absolute atomic E-state index is 0.0725. The molecule has 2 unspecified atom stereocenters. The molecule has 208 valence electrons. The van der Waals surface area contributed by atoms with Gasteiger partial charge < -0.3 is 9.47 Å². The second kappa shape index (κ2) is 13.8. The highest BCUT2D eigenvalue weighted by atomic mass is 19.2. The molecule has 0 bridgehead atoms. The third kappa shape index (κ3) is 6.91. The van der Waals surface area contributed by atoms with E-state index in [-0.39, 0.29) is 28.9 Å². The maximum absolute atomic E-state index is 15.2. The average molecular weight is 541 g/mol. The number of hydrogen-bond acceptors (Lipinski definition) is 2. The lowest BCUT2D eigenvalue weighted by molar-refractivity contribution is -0.000894. The minimum atomic E-state index is -1.03. The van der Waals surface area contributed by atoms with Crippen molar-refractivity contribution >= 4 is 0 Å². The Hall–Kier alpha value is -3.12. The van der Waals surface area contributed by atoms with Gasteiger partial charge in [0.05, 0.1) is 19.3 Å². The Bertz CT molecular complexity index is 1260. The molecule has 0 N–H and O–H groups in total. The number of hydrogen-bond donors (Lipinski definition) is 0. The lowest BCUT2D eigenvalue weighted by Crippen LogP contribution is -2.25. The molecule has 0 saturated carbocycles. The van der Waals surface area contributed by atoms with Crippen molar-refractivity contribution < 1.29 is 27.0 Å². The SMILES string of the molecule is CC=CCCC1CCC(c2ccc(-c3ccc(-c4ccc(OCCCCC)c(F)c4F)cc3)c(F)c2F)CO1. The van der Waals surface area contributed by atoms with E-state index in [1.165, 1.54) is 12.1 Å². The Morgan fingerprint density at radius 2 is 1.49 bits per heavy atom. The van der Waals surface area contributed by atoms with Gasteiger partial charge in [0.15, 0.2) is 23.2 Å². The van der Waals surface area contributed by atoms with Gasteiger partial charge in [-0.05, 0) is 67.9 Å². The van der Waals surface area contributed by atoms with Crippen molar-refractivity contribution in [3.05, 3.63) is 89.5 Å². The van der Waals surface area contributed by atoms with Gasteiger partial charge in [0, 0.05) is 17.0 Å². The highest BCUT2D eigenvalue weighted by Crippen LogP contribution is 2.36. The van der Waals surface area contributed by atoms with Gasteiger partial charge in [-0.1, -0.05) is 68.3 Å². The van der Waals surface area contributed by atoms with Gasteiger partial charge in [0.2, 0.25) is 5.82 Å². The van der Waals surface area contributed by atoms with Crippen LogP contribution in [0.1, 0.15) is 70.3 Å². The summed E-state index contributed by atoms with van der Waals surface area (Å²) < 4.78 is 71.0. The summed E-state index contributed by atoms with van der Waals surface area (Å²) in [7, 11) is 0. The summed E-state index contributed by atoms with van der Waals surface area (Å²) in [4.78, 5) is 0. The van der Waals surface area contributed by atoms with E-state index in [9.17, 15) is 8.78 Å². The van der Waals surface area contributed by atoms with Crippen LogP contribution in [0.3, 0.4) is 0 Å². The zero-order chi connectivity index (χ0) is 27.8. The van der Waals surface area contributed by atoms with E-state index >= 15 is 8.78 Å². The molecule has 3 aromatic carbocycles. The van der Waals surface area contributed by atoms with E-state index in [1.54, 1.807) is 36.4 Å². The van der Waals surface area contributed by atoms with Crippen molar-refractivity contribution in [2.75, 3.05) is 13.2 Å². The average Bonchev–Trinajstić information content (AvgIpc) is 2.96. The van der Waals surface area contributed by atoms with Gasteiger partial charge in [0.25, 0.3) is 0 Å². The first kappa shape index (κ1) is 28.9. The largest absolute Gasteiger partial charge is 0.490 e. The summed E-state index contributed by atoms with van der Waals surface area (Å²) in [6, 6.07) is 12.4. The molecule has 3 aromatic rings. The Kier molecular flexibility index (Phi) is 10.2. The topological polar surface area (TPSA) is 18.5 Å². The van der Waals surface area contributed by atoms with E-state index in [2.05, 4.69) is 13.0 Å². The molecule has 2 nitrogen and oxygen atoms in total. The van der Waals surface area contributed by atoms with Gasteiger partial charge in [-0.2, -0.15) is 4.39 Å². The zero-order valence-corrected chi connectivity index (χ0v) is 22.6. The van der Waals surface area contributed by atoms with Gasteiger partial charge in [-0.3, -0.25) is 0 Å². The summed E-state index contributed by atoms with van der Waals surface area (Å²) in [5.41, 5.74) is 1.39. The predicted octanol–water partition coefficient (Wildman–Crippen LogP) is 9.76. The molecule has 0 amide bonds. The molecule has 1 saturated heterocycles. The molecule has 1 fully saturated rings. The summed E-state index contributed by atoms with van der Waals surface area (Å²) in [5.74, 6) is -4.12. The Balaban J connectivity index is 1.46. The molecule has 2 atom stereocenters. The fraction of sp³-hybridized carbons (Fsp3) is 0.394. The fourth-order valence-corrected chi connectivity index (χ4v) is 5.06. The van der Waals surface area contributed by atoms with E-state index in [4.69, 9.17) is 9.47 Å². The van der Waals surface area contributed by atoms with E-state index in [1.807, 2.05) is 13.0 Å². The Morgan fingerprint density at radius 3 is 2.10 bits per heavy atom. The van der Waals surface area contributed by atoms with Crippen molar-refractivity contribution in [1.29, 1.82) is 0 Å². The van der Waals surface area contributed by atoms with Crippen LogP contribution in [-0.4, -0.2) is 19.3 Å². The molecule has 6 heteroatoms. The molecule has 1 aliphatic rings. The third-order valence-corrected chi connectivity index (χ3v) is 7.37. The normalized spacial score (nSPS) is 17.6. The number of unbranched alkanes of at least 4 members (excludes halogenated alkanes) is 2. The van der Waals surface area contributed by atoms with Crippen molar-refractivity contribution in [3.8, 4) is 28.0 Å². The zero-order valence-electron chi connectivity index (χ0n) is 22.6. The summed E-state index contributed by atoms with van der Waals surface area (Å²) in [6.07, 6.45) is 10.4. The van der Waals surface area contributed by atoms with Crippen LogP contribution < -0.4 is 4.74 Å². The van der Waals surface area contributed by atoms with Crippen LogP contribution in [-0.2, 0) is 4.74 Å². The van der Waals surface area contributed by atoms with Crippen LogP contribution in [0, 0.1) is 23.3 Å². The van der Waals surface area contributed by atoms with Crippen molar-refractivity contribution in [1.82, 2.24) is 0 Å². The van der Waals surface area contributed by atoms with E-state index in [0.717, 1.165) is 44.9 Å². The van der Waals surface area contributed by atoms with Gasteiger partial charge >= 0.3 is 0 Å². The van der Waals surface area contributed by atoms with Crippen molar-refractivity contribution in [2.24, 2.45) is 0 Å². The molecule has 1 heterocycles. The van der Waals surface area contributed by atoms with Crippen LogP contribution in [0.25, 0.3) is 22.3 Å². The molecular weight excluding hydrogens is 504 g/mol. The number of benzene rings is 3. The first-order valence-corrected chi connectivity index (χ1v) is 13.9. The summed E-state index contributed by atoms with van der Waals surface area (Å²) in [6.45, 7) is 4.73. The van der Waals surface area contributed by atoms with Crippen LogP contribution in [0.4, 0.5) is 17.6 Å². The minimum Gasteiger partial charge on any atom is -0.490 e. The summed E-state index contributed by atoms with van der Waals surface area (Å²) in [5, 5.41) is 0. The van der Waals surface area contributed by atoms with Crippen LogP contribution in [0.5, 0.6) is 5.75 Å². The quantitative estimate of drug-likeness (QED) is 0.137. The van der Waals surface area contributed by atoms with Crippen LogP contribution in [0.15, 0.2) is 60.7 Å². The first-order chi connectivity index (χ1) is 18.9. The highest BCUT2D eigenvalue weighted by molar-refractivity contribution is 5.72. The van der Waals surface area contributed by atoms with Crippen molar-refractivity contribution in [2.45, 2.75) is 70.8 Å². The first-order valence-electron chi connectivity index (χ1n) is 13.9. The number of ether oxygens (including phenoxy) is 2. The molecular formula is C33H36F4O2. The van der Waals surface area contributed by atoms with Gasteiger partial charge in [0.1, 0.15) is 0 Å². The van der Waals surface area contributed by atoms with Crippen LogP contribution >= 0.6 is 0 Å². The fourth-order valence-electron chi connectivity index (χ4n) is 5.06. The third-order valence-electron chi connectivity index (χ3n) is 7.37. The molecule has 1 aliphatic heterocycles. The lowest BCUT2D eigenvalue weighted by atomic mass is 9.88.